The van der Waals surface area contributed by atoms with Crippen LogP contribution in [0.2, 0.25) is 0 Å². The molecule has 10 heteroatoms. The minimum atomic E-state index is -4.71. The van der Waals surface area contributed by atoms with Crippen molar-refractivity contribution in [1.82, 2.24) is 5.32 Å². The molecule has 0 aliphatic rings. The number of esters is 1. The van der Waals surface area contributed by atoms with Crippen LogP contribution in [0.5, 0.6) is 0 Å². The number of hydrogen-bond donors (Lipinski definition) is 1. The third-order valence-corrected chi connectivity index (χ3v) is 16.5. The van der Waals surface area contributed by atoms with Crippen molar-refractivity contribution in [3.05, 3.63) is 97.2 Å². The van der Waals surface area contributed by atoms with Crippen LogP contribution in [-0.2, 0) is 27.9 Å². The molecular weight excluding hydrogens is 1070 g/mol. The molecule has 9 nitrogen and oxygen atoms in total. The van der Waals surface area contributed by atoms with Crippen molar-refractivity contribution in [3.8, 4) is 0 Å². The second-order valence-electron chi connectivity index (χ2n) is 25.0. The van der Waals surface area contributed by atoms with Gasteiger partial charge in [-0.15, -0.1) is 0 Å². The van der Waals surface area contributed by atoms with Gasteiger partial charge in [0.25, 0.3) is 7.82 Å². The average molecular weight is 1210 g/mol. The summed E-state index contributed by atoms with van der Waals surface area (Å²) in [6, 6.07) is -0.902. The Morgan fingerprint density at radius 3 is 1.09 bits per heavy atom. The highest BCUT2D eigenvalue weighted by molar-refractivity contribution is 7.45. The predicted octanol–water partition coefficient (Wildman–Crippen LogP) is 22.0. The Morgan fingerprint density at radius 2 is 0.718 bits per heavy atom. The highest BCUT2D eigenvalue weighted by Crippen LogP contribution is 2.38. The first-order valence-electron chi connectivity index (χ1n) is 35.5. The van der Waals surface area contributed by atoms with E-state index in [0.717, 1.165) is 109 Å². The zero-order chi connectivity index (χ0) is 62.1. The first kappa shape index (κ1) is 81.9. The molecule has 1 N–H and O–H groups in total. The Balaban J connectivity index is 5.12. The summed E-state index contributed by atoms with van der Waals surface area (Å²) >= 11 is 0. The average Bonchev–Trinajstić information content (AvgIpc) is 3.53. The number of ether oxygens (including phenoxy) is 1. The van der Waals surface area contributed by atoms with Crippen LogP contribution >= 0.6 is 7.82 Å². The third-order valence-electron chi connectivity index (χ3n) is 15.5. The second-order valence-corrected chi connectivity index (χ2v) is 26.4. The fourth-order valence-corrected chi connectivity index (χ4v) is 10.7. The van der Waals surface area contributed by atoms with E-state index in [0.29, 0.717) is 23.9 Å². The van der Waals surface area contributed by atoms with Crippen molar-refractivity contribution in [2.45, 2.75) is 328 Å². The molecule has 0 saturated carbocycles. The Hall–Kier alpha value is -3.07. The van der Waals surface area contributed by atoms with E-state index in [-0.39, 0.29) is 24.9 Å². The van der Waals surface area contributed by atoms with Gasteiger partial charge in [-0.25, -0.2) is 0 Å². The van der Waals surface area contributed by atoms with Gasteiger partial charge in [-0.3, -0.25) is 14.2 Å². The van der Waals surface area contributed by atoms with Gasteiger partial charge in [-0.2, -0.15) is 0 Å². The van der Waals surface area contributed by atoms with Crippen LogP contribution in [0.1, 0.15) is 316 Å². The molecule has 3 unspecified atom stereocenters. The highest BCUT2D eigenvalue weighted by atomic mass is 31.2. The Kier molecular flexibility index (Phi) is 61.6. The number of nitrogens with zero attached hydrogens (tertiary/aromatic N) is 1. The molecule has 3 atom stereocenters. The summed E-state index contributed by atoms with van der Waals surface area (Å²) in [7, 11) is 1.17. The van der Waals surface area contributed by atoms with Crippen molar-refractivity contribution < 1.29 is 37.3 Å². The lowest BCUT2D eigenvalue weighted by atomic mass is 10.0. The molecule has 1 amide bonds. The van der Waals surface area contributed by atoms with Crippen LogP contribution in [0.15, 0.2) is 97.2 Å². The summed E-state index contributed by atoms with van der Waals surface area (Å²) < 4.78 is 30.4. The maximum atomic E-state index is 13.6. The monoisotopic (exact) mass is 1210 g/mol. The van der Waals surface area contributed by atoms with Crippen molar-refractivity contribution in [2.75, 3.05) is 40.9 Å². The van der Waals surface area contributed by atoms with Crippen molar-refractivity contribution in [2.24, 2.45) is 0 Å². The van der Waals surface area contributed by atoms with Gasteiger partial charge < -0.3 is 28.5 Å². The van der Waals surface area contributed by atoms with Crippen LogP contribution in [0.25, 0.3) is 0 Å². The summed E-state index contributed by atoms with van der Waals surface area (Å²) in [5.74, 6) is -0.555. The normalized spacial score (nSPS) is 14.1. The molecule has 0 aromatic carbocycles. The fourth-order valence-electron chi connectivity index (χ4n) is 9.98. The number of allylic oxidation sites excluding steroid dienone is 15. The molecule has 85 heavy (non-hydrogen) atoms. The first-order chi connectivity index (χ1) is 41.4. The molecule has 0 bridgehead atoms. The van der Waals surface area contributed by atoms with Crippen LogP contribution in [0.4, 0.5) is 0 Å². The van der Waals surface area contributed by atoms with Gasteiger partial charge in [0.2, 0.25) is 5.91 Å². The molecule has 0 fully saturated rings. The molecule has 0 spiro atoms. The van der Waals surface area contributed by atoms with Crippen molar-refractivity contribution in [3.63, 3.8) is 0 Å². The summed E-state index contributed by atoms with van der Waals surface area (Å²) in [4.78, 5) is 40.2. The predicted molar refractivity (Wildman–Crippen MR) is 367 cm³/mol. The lowest BCUT2D eigenvalue weighted by Crippen LogP contribution is -2.47. The number of carbonyl (C=O) groups excluding carboxylic acids is 2. The molecule has 0 rings (SSSR count). The van der Waals surface area contributed by atoms with Gasteiger partial charge in [0.05, 0.1) is 33.8 Å². The highest BCUT2D eigenvalue weighted by Gasteiger charge is 2.27. The Bertz CT molecular complexity index is 1780. The number of nitrogens with one attached hydrogen (secondary N) is 1. The largest absolute Gasteiger partial charge is 0.756 e. The summed E-state index contributed by atoms with van der Waals surface area (Å²) in [5.41, 5.74) is 0. The maximum Gasteiger partial charge on any atom is 0.306 e. The standard InChI is InChI=1S/C75H135N2O7P/c1-7-10-13-16-19-22-25-28-30-32-34-35-36-37-38-39-40-41-43-44-46-49-52-55-58-61-64-67-74(78)76-72(71-83-85(80,81)82-70-69-77(4,5)6)73(66-63-60-57-54-51-48-27-24-21-18-15-12-9-3)84-75(79)68-65-62-59-56-53-50-47-45-42-33-31-29-26-23-20-17-14-11-8-2/h19-20,22-23,28-31,34-35,37-38,42,45,63,66,72-73H,7-18,21,24-27,32-33,36,39-41,43-44,46-62,64-65,67-71H2,1-6H3,(H-,76,78,80,81)/b22-19-,23-20-,30-28-,31-29-,35-34-,38-37-,45-42-,66-63-. The van der Waals surface area contributed by atoms with Gasteiger partial charge in [-0.05, 0) is 115 Å². The molecular formula is C75H135N2O7P. The maximum absolute atomic E-state index is 13.6. The van der Waals surface area contributed by atoms with Gasteiger partial charge in [0, 0.05) is 12.8 Å². The first-order valence-corrected chi connectivity index (χ1v) is 37.0. The Labute approximate surface area is 526 Å². The number of likely N-dealkylation sites (N-methyl/N-ethyl adjacent to an activating group) is 1. The van der Waals surface area contributed by atoms with Gasteiger partial charge in [0.15, 0.2) is 0 Å². The molecule has 0 aliphatic heterocycles. The molecule has 0 saturated heterocycles. The number of hydrogen-bond acceptors (Lipinski definition) is 7. The van der Waals surface area contributed by atoms with Crippen molar-refractivity contribution in [1.29, 1.82) is 0 Å². The molecule has 0 radical (unpaired) electrons. The number of unbranched alkanes of at least 4 members (excludes halogenated alkanes) is 34. The van der Waals surface area contributed by atoms with E-state index >= 15 is 0 Å². The van der Waals surface area contributed by atoms with E-state index < -0.39 is 26.6 Å². The van der Waals surface area contributed by atoms with E-state index in [4.69, 9.17) is 13.8 Å². The van der Waals surface area contributed by atoms with Gasteiger partial charge >= 0.3 is 5.97 Å². The Morgan fingerprint density at radius 1 is 0.412 bits per heavy atom. The molecule has 0 heterocycles. The molecule has 492 valence electrons. The number of phosphoric acid groups is 1. The lowest BCUT2D eigenvalue weighted by molar-refractivity contribution is -0.870. The van der Waals surface area contributed by atoms with Gasteiger partial charge in [0.1, 0.15) is 19.3 Å². The zero-order valence-corrected chi connectivity index (χ0v) is 57.2. The topological polar surface area (TPSA) is 114 Å². The number of quaternary nitrogens is 1. The van der Waals surface area contributed by atoms with Crippen LogP contribution in [-0.4, -0.2) is 69.4 Å². The quantitative estimate of drug-likeness (QED) is 0.0212. The van der Waals surface area contributed by atoms with E-state index in [1.165, 1.54) is 167 Å². The van der Waals surface area contributed by atoms with Crippen LogP contribution in [0, 0.1) is 0 Å². The number of carbonyl (C=O) groups is 2. The molecule has 0 aromatic heterocycles. The minimum Gasteiger partial charge on any atom is -0.756 e. The number of phosphoric ester groups is 1. The summed E-state index contributed by atoms with van der Waals surface area (Å²) in [6.45, 7) is 6.80. The summed E-state index contributed by atoms with van der Waals surface area (Å²) in [6.07, 6.45) is 86.6. The van der Waals surface area contributed by atoms with Crippen molar-refractivity contribution >= 4 is 19.7 Å². The van der Waals surface area contributed by atoms with Crippen LogP contribution in [0.3, 0.4) is 0 Å². The second kappa shape index (κ2) is 63.9. The fraction of sp³-hybridized carbons (Fsp3) is 0.760. The number of rotatable bonds is 64. The smallest absolute Gasteiger partial charge is 0.306 e. The van der Waals surface area contributed by atoms with E-state index in [1.807, 2.05) is 33.3 Å². The summed E-state index contributed by atoms with van der Waals surface area (Å²) in [5, 5.41) is 3.04. The molecule has 0 aliphatic carbocycles. The zero-order valence-electron chi connectivity index (χ0n) is 56.3. The third kappa shape index (κ3) is 65.2. The SMILES string of the molecule is CCCCC/C=C\C/C=C\C/C=C\C/C=C\CCCCCCCCCCCCCC(=O)NC(COP(=O)([O-])OCC[N+](C)(C)C)C(/C=C\CCCCCCCCCCCCC)OC(=O)CCCCCCCC/C=C\C/C=C\C/C=C\CCCCC. The minimum absolute atomic E-state index is 0.0287. The van der Waals surface area contributed by atoms with Gasteiger partial charge in [-0.1, -0.05) is 285 Å². The lowest BCUT2D eigenvalue weighted by Gasteiger charge is -2.30. The number of amides is 1. The molecule has 0 aromatic rings. The van der Waals surface area contributed by atoms with E-state index in [2.05, 4.69) is 111 Å². The van der Waals surface area contributed by atoms with E-state index in [1.54, 1.807) is 0 Å². The van der Waals surface area contributed by atoms with Crippen LogP contribution < -0.4 is 10.2 Å². The van der Waals surface area contributed by atoms with E-state index in [9.17, 15) is 19.0 Å².